The van der Waals surface area contributed by atoms with E-state index in [0.717, 1.165) is 22.4 Å². The Morgan fingerprint density at radius 1 is 0.960 bits per heavy atom. The van der Waals surface area contributed by atoms with E-state index in [1.54, 1.807) is 29.2 Å². The van der Waals surface area contributed by atoms with Gasteiger partial charge >= 0.3 is 0 Å². The largest absolute Gasteiger partial charge is 0.311 e. The highest BCUT2D eigenvalue weighted by Gasteiger charge is 2.35. The molecule has 3 rings (SSSR count). The number of amides is 1. The molecule has 1 heterocycles. The number of hydrogen-bond donors (Lipinski definition) is 1. The van der Waals surface area contributed by atoms with Crippen molar-refractivity contribution in [2.24, 2.45) is 0 Å². The van der Waals surface area contributed by atoms with Crippen LogP contribution in [0.4, 0.5) is 5.69 Å². The van der Waals surface area contributed by atoms with Crippen LogP contribution in [-0.4, -0.2) is 26.9 Å². The number of benzene rings is 2. The van der Waals surface area contributed by atoms with Gasteiger partial charge in [-0.15, -0.1) is 0 Å². The Morgan fingerprint density at radius 2 is 1.56 bits per heavy atom. The van der Waals surface area contributed by atoms with E-state index in [0.29, 0.717) is 13.0 Å². The molecule has 0 bridgehead atoms. The maximum Gasteiger partial charge on any atom is 0.245 e. The second kappa shape index (κ2) is 6.61. The summed E-state index contributed by atoms with van der Waals surface area (Å²) >= 11 is 0. The Kier molecular flexibility index (Phi) is 4.67. The summed E-state index contributed by atoms with van der Waals surface area (Å²) in [6.07, 6.45) is 0.455. The number of nitrogens with zero attached hydrogens (tertiary/aromatic N) is 1. The molecule has 0 saturated carbocycles. The zero-order valence-corrected chi connectivity index (χ0v) is 15.4. The Bertz CT molecular complexity index is 885. The number of anilines is 1. The predicted octanol–water partition coefficient (Wildman–Crippen LogP) is 2.70. The lowest BCUT2D eigenvalue weighted by molar-refractivity contribution is -0.118. The first-order valence-electron chi connectivity index (χ1n) is 8.25. The molecule has 0 radical (unpaired) electrons. The van der Waals surface area contributed by atoms with Crippen molar-refractivity contribution in [1.29, 1.82) is 0 Å². The third-order valence-electron chi connectivity index (χ3n) is 4.35. The highest BCUT2D eigenvalue weighted by atomic mass is 32.2. The van der Waals surface area contributed by atoms with Crippen LogP contribution in [0.1, 0.15) is 23.1 Å². The number of hydrogen-bond acceptors (Lipinski definition) is 3. The average molecular weight is 358 g/mol. The fraction of sp³-hybridized carbons (Fsp3) is 0.316. The van der Waals surface area contributed by atoms with E-state index in [1.807, 2.05) is 39.0 Å². The minimum absolute atomic E-state index is 0.177. The average Bonchev–Trinajstić information content (AvgIpc) is 2.87. The van der Waals surface area contributed by atoms with Crippen LogP contribution in [0.15, 0.2) is 47.4 Å². The highest BCUT2D eigenvalue weighted by molar-refractivity contribution is 7.89. The van der Waals surface area contributed by atoms with E-state index >= 15 is 0 Å². The predicted molar refractivity (Wildman–Crippen MR) is 98.2 cm³/mol. The van der Waals surface area contributed by atoms with Crippen LogP contribution in [-0.2, 0) is 14.8 Å². The van der Waals surface area contributed by atoms with Crippen molar-refractivity contribution in [3.8, 4) is 0 Å². The first kappa shape index (κ1) is 17.6. The first-order valence-corrected chi connectivity index (χ1v) is 9.73. The van der Waals surface area contributed by atoms with Gasteiger partial charge in [-0.1, -0.05) is 23.8 Å². The lowest BCUT2D eigenvalue weighted by Crippen LogP contribution is -2.41. The van der Waals surface area contributed by atoms with Gasteiger partial charge in [-0.3, -0.25) is 4.79 Å². The van der Waals surface area contributed by atoms with Crippen molar-refractivity contribution in [2.45, 2.75) is 38.1 Å². The van der Waals surface area contributed by atoms with Crippen molar-refractivity contribution in [2.75, 3.05) is 11.4 Å². The molecule has 0 spiro atoms. The summed E-state index contributed by atoms with van der Waals surface area (Å²) in [5.74, 6) is -0.208. The molecule has 0 aromatic heterocycles. The zero-order valence-electron chi connectivity index (χ0n) is 14.6. The van der Waals surface area contributed by atoms with Crippen molar-refractivity contribution < 1.29 is 13.2 Å². The van der Waals surface area contributed by atoms with Crippen LogP contribution in [0.5, 0.6) is 0 Å². The van der Waals surface area contributed by atoms with Crippen LogP contribution in [0.2, 0.25) is 0 Å². The lowest BCUT2D eigenvalue weighted by Gasteiger charge is -2.18. The van der Waals surface area contributed by atoms with Gasteiger partial charge < -0.3 is 4.90 Å². The first-order chi connectivity index (χ1) is 11.8. The van der Waals surface area contributed by atoms with Crippen LogP contribution in [0, 0.1) is 20.8 Å². The Balaban J connectivity index is 1.79. The zero-order chi connectivity index (χ0) is 18.2. The fourth-order valence-electron chi connectivity index (χ4n) is 3.12. The SMILES string of the molecule is Cc1ccc(S(=O)(=O)N[C@@H]2CCN(c3cc(C)cc(C)c3)C2=O)cc1. The van der Waals surface area contributed by atoms with Gasteiger partial charge in [0, 0.05) is 12.2 Å². The third kappa shape index (κ3) is 3.75. The lowest BCUT2D eigenvalue weighted by atomic mass is 10.1. The van der Waals surface area contributed by atoms with Crippen LogP contribution >= 0.6 is 0 Å². The number of rotatable bonds is 4. The molecule has 0 aliphatic carbocycles. The molecule has 1 aliphatic rings. The third-order valence-corrected chi connectivity index (χ3v) is 5.84. The van der Waals surface area contributed by atoms with E-state index in [9.17, 15) is 13.2 Å². The Labute approximate surface area is 148 Å². The topological polar surface area (TPSA) is 66.5 Å². The molecule has 6 heteroatoms. The second-order valence-corrected chi connectivity index (χ2v) is 8.33. The van der Waals surface area contributed by atoms with Crippen LogP contribution in [0.25, 0.3) is 0 Å². The standard InChI is InChI=1S/C19H22N2O3S/c1-13-4-6-17(7-5-13)25(23,24)20-18-8-9-21(19(18)22)16-11-14(2)10-15(3)12-16/h4-7,10-12,18,20H,8-9H2,1-3H3/t18-/m1/s1. The minimum Gasteiger partial charge on any atom is -0.311 e. The van der Waals surface area contributed by atoms with E-state index in [4.69, 9.17) is 0 Å². The smallest absolute Gasteiger partial charge is 0.245 e. The molecule has 1 saturated heterocycles. The summed E-state index contributed by atoms with van der Waals surface area (Å²) in [4.78, 5) is 14.5. The molecule has 2 aromatic carbocycles. The molecule has 25 heavy (non-hydrogen) atoms. The van der Waals surface area contributed by atoms with Gasteiger partial charge in [-0.25, -0.2) is 8.42 Å². The molecule has 1 atom stereocenters. The number of aryl methyl sites for hydroxylation is 3. The monoisotopic (exact) mass is 358 g/mol. The Hall–Kier alpha value is -2.18. The van der Waals surface area contributed by atoms with E-state index in [1.165, 1.54) is 0 Å². The molecule has 5 nitrogen and oxygen atoms in total. The normalized spacial score (nSPS) is 18.0. The summed E-state index contributed by atoms with van der Waals surface area (Å²) in [7, 11) is -3.71. The molecule has 2 aromatic rings. The van der Waals surface area contributed by atoms with Crippen molar-refractivity contribution in [1.82, 2.24) is 4.72 Å². The molecule has 1 N–H and O–H groups in total. The molecule has 0 unspecified atom stereocenters. The summed E-state index contributed by atoms with van der Waals surface area (Å²) in [6, 6.07) is 11.8. The molecule has 132 valence electrons. The molecule has 1 amide bonds. The summed E-state index contributed by atoms with van der Waals surface area (Å²) in [6.45, 7) is 6.36. The van der Waals surface area contributed by atoms with Gasteiger partial charge in [-0.2, -0.15) is 4.72 Å². The maximum absolute atomic E-state index is 12.7. The fourth-order valence-corrected chi connectivity index (χ4v) is 4.35. The van der Waals surface area contributed by atoms with Crippen molar-refractivity contribution in [3.05, 3.63) is 59.2 Å². The van der Waals surface area contributed by atoms with Crippen molar-refractivity contribution in [3.63, 3.8) is 0 Å². The molecular formula is C19H22N2O3S. The number of sulfonamides is 1. The van der Waals surface area contributed by atoms with Gasteiger partial charge in [0.15, 0.2) is 0 Å². The van der Waals surface area contributed by atoms with E-state index in [2.05, 4.69) is 4.72 Å². The quantitative estimate of drug-likeness (QED) is 0.914. The molecular weight excluding hydrogens is 336 g/mol. The van der Waals surface area contributed by atoms with Gasteiger partial charge in [0.2, 0.25) is 15.9 Å². The molecule has 1 aliphatic heterocycles. The van der Waals surface area contributed by atoms with Crippen LogP contribution in [0.3, 0.4) is 0 Å². The summed E-state index contributed by atoms with van der Waals surface area (Å²) < 4.78 is 27.6. The number of nitrogens with one attached hydrogen (secondary N) is 1. The van der Waals surface area contributed by atoms with Gasteiger partial charge in [-0.05, 0) is 62.6 Å². The maximum atomic E-state index is 12.7. The highest BCUT2D eigenvalue weighted by Crippen LogP contribution is 2.25. The summed E-state index contributed by atoms with van der Waals surface area (Å²) in [5, 5.41) is 0. The molecule has 1 fully saturated rings. The Morgan fingerprint density at radius 3 is 2.16 bits per heavy atom. The summed E-state index contributed by atoms with van der Waals surface area (Å²) in [5.41, 5.74) is 3.95. The van der Waals surface area contributed by atoms with Gasteiger partial charge in [0.1, 0.15) is 6.04 Å². The minimum atomic E-state index is -3.71. The second-order valence-electron chi connectivity index (χ2n) is 6.61. The van der Waals surface area contributed by atoms with E-state index in [-0.39, 0.29) is 10.8 Å². The van der Waals surface area contributed by atoms with Gasteiger partial charge in [0.05, 0.1) is 4.90 Å². The van der Waals surface area contributed by atoms with Crippen molar-refractivity contribution >= 4 is 21.6 Å². The number of carbonyl (C=O) groups is 1. The van der Waals surface area contributed by atoms with E-state index < -0.39 is 16.1 Å². The van der Waals surface area contributed by atoms with Crippen LogP contribution < -0.4 is 9.62 Å². The number of carbonyl (C=O) groups excluding carboxylic acids is 1. The van der Waals surface area contributed by atoms with Gasteiger partial charge in [0.25, 0.3) is 0 Å².